The van der Waals surface area contributed by atoms with Crippen LogP contribution in [0.25, 0.3) is 5.65 Å². The van der Waals surface area contributed by atoms with Gasteiger partial charge in [0.1, 0.15) is 17.1 Å². The number of carboxylic acids is 1. The van der Waals surface area contributed by atoms with Crippen LogP contribution in [0.15, 0.2) is 48.8 Å². The standard InChI is InChI=1S/C18H18N2O3/c1-2-23-15-6-4-3-5-13(15)7-8-14-9-10-16-19-11-12-20(16)17(14)18(21)22/h3-6,9-12H,2,7-8H2,1H3,(H,21,22). The molecule has 0 spiro atoms. The van der Waals surface area contributed by atoms with Gasteiger partial charge in [0.25, 0.3) is 0 Å². The lowest BCUT2D eigenvalue weighted by Crippen LogP contribution is -2.10. The SMILES string of the molecule is CCOc1ccccc1CCc1ccc2nccn2c1C(=O)O. The fourth-order valence-corrected chi connectivity index (χ4v) is 2.75. The van der Waals surface area contributed by atoms with E-state index >= 15 is 0 Å². The molecule has 2 heterocycles. The van der Waals surface area contributed by atoms with Crippen molar-refractivity contribution >= 4 is 11.6 Å². The number of carbonyl (C=O) groups is 1. The van der Waals surface area contributed by atoms with Crippen molar-refractivity contribution in [3.63, 3.8) is 0 Å². The Labute approximate surface area is 134 Å². The molecule has 5 nitrogen and oxygen atoms in total. The van der Waals surface area contributed by atoms with Gasteiger partial charge in [-0.25, -0.2) is 9.78 Å². The van der Waals surface area contributed by atoms with Crippen LogP contribution in [-0.4, -0.2) is 27.1 Å². The fourth-order valence-electron chi connectivity index (χ4n) is 2.75. The fraction of sp³-hybridized carbons (Fsp3) is 0.222. The molecule has 0 amide bonds. The molecular formula is C18H18N2O3. The average molecular weight is 310 g/mol. The van der Waals surface area contributed by atoms with E-state index < -0.39 is 5.97 Å². The van der Waals surface area contributed by atoms with Crippen LogP contribution in [0.2, 0.25) is 0 Å². The number of pyridine rings is 1. The maximum absolute atomic E-state index is 11.6. The summed E-state index contributed by atoms with van der Waals surface area (Å²) in [5.74, 6) is -0.0859. The monoisotopic (exact) mass is 310 g/mol. The Morgan fingerprint density at radius 3 is 2.74 bits per heavy atom. The number of nitrogens with zero attached hydrogens (tertiary/aromatic N) is 2. The van der Waals surface area contributed by atoms with Gasteiger partial charge in [0.05, 0.1) is 6.61 Å². The molecular weight excluding hydrogens is 292 g/mol. The van der Waals surface area contributed by atoms with Gasteiger partial charge in [0.2, 0.25) is 0 Å². The molecule has 0 atom stereocenters. The van der Waals surface area contributed by atoms with Crippen molar-refractivity contribution in [2.45, 2.75) is 19.8 Å². The van der Waals surface area contributed by atoms with Crippen molar-refractivity contribution in [1.29, 1.82) is 0 Å². The van der Waals surface area contributed by atoms with E-state index in [2.05, 4.69) is 4.98 Å². The van der Waals surface area contributed by atoms with Gasteiger partial charge < -0.3 is 9.84 Å². The highest BCUT2D eigenvalue weighted by Crippen LogP contribution is 2.21. The summed E-state index contributed by atoms with van der Waals surface area (Å²) in [6, 6.07) is 11.5. The molecule has 0 saturated heterocycles. The number of para-hydroxylation sites is 1. The van der Waals surface area contributed by atoms with Gasteiger partial charge in [-0.05, 0) is 43.0 Å². The first-order valence-electron chi connectivity index (χ1n) is 7.59. The molecule has 2 aromatic heterocycles. The van der Waals surface area contributed by atoms with Gasteiger partial charge in [0.15, 0.2) is 0 Å². The molecule has 118 valence electrons. The second-order valence-corrected chi connectivity index (χ2v) is 5.21. The first kappa shape index (κ1) is 15.1. The van der Waals surface area contributed by atoms with Crippen molar-refractivity contribution in [3.8, 4) is 5.75 Å². The molecule has 0 bridgehead atoms. The Morgan fingerprint density at radius 1 is 1.17 bits per heavy atom. The second kappa shape index (κ2) is 6.52. The largest absolute Gasteiger partial charge is 0.494 e. The zero-order chi connectivity index (χ0) is 16.2. The van der Waals surface area contributed by atoms with Gasteiger partial charge in [-0.1, -0.05) is 24.3 Å². The molecule has 0 unspecified atom stereocenters. The van der Waals surface area contributed by atoms with Crippen LogP contribution >= 0.6 is 0 Å². The third-order valence-corrected chi connectivity index (χ3v) is 3.79. The zero-order valence-corrected chi connectivity index (χ0v) is 12.9. The molecule has 0 fully saturated rings. The maximum atomic E-state index is 11.6. The van der Waals surface area contributed by atoms with Crippen LogP contribution in [0.5, 0.6) is 5.75 Å². The van der Waals surface area contributed by atoms with Crippen LogP contribution < -0.4 is 4.74 Å². The Kier molecular flexibility index (Phi) is 4.28. The summed E-state index contributed by atoms with van der Waals surface area (Å²) >= 11 is 0. The molecule has 0 aliphatic carbocycles. The predicted octanol–water partition coefficient (Wildman–Crippen LogP) is 3.22. The second-order valence-electron chi connectivity index (χ2n) is 5.21. The molecule has 1 N–H and O–H groups in total. The third kappa shape index (κ3) is 3.04. The highest BCUT2D eigenvalue weighted by atomic mass is 16.5. The summed E-state index contributed by atoms with van der Waals surface area (Å²) in [4.78, 5) is 15.8. The van der Waals surface area contributed by atoms with E-state index in [4.69, 9.17) is 4.74 Å². The van der Waals surface area contributed by atoms with Crippen LogP contribution in [-0.2, 0) is 12.8 Å². The van der Waals surface area contributed by atoms with E-state index in [0.717, 1.165) is 23.3 Å². The van der Waals surface area contributed by atoms with E-state index in [1.54, 1.807) is 16.8 Å². The smallest absolute Gasteiger partial charge is 0.353 e. The zero-order valence-electron chi connectivity index (χ0n) is 12.9. The minimum atomic E-state index is -0.943. The van der Waals surface area contributed by atoms with Crippen LogP contribution in [0.3, 0.4) is 0 Å². The molecule has 0 saturated carbocycles. The normalized spacial score (nSPS) is 10.8. The maximum Gasteiger partial charge on any atom is 0.353 e. The molecule has 5 heteroatoms. The molecule has 0 radical (unpaired) electrons. The van der Waals surface area contributed by atoms with Crippen LogP contribution in [0.4, 0.5) is 0 Å². The molecule has 0 aliphatic heterocycles. The molecule has 0 aliphatic rings. The summed E-state index contributed by atoms with van der Waals surface area (Å²) in [6.45, 7) is 2.56. The highest BCUT2D eigenvalue weighted by Gasteiger charge is 2.15. The lowest BCUT2D eigenvalue weighted by molar-refractivity contribution is 0.0687. The minimum Gasteiger partial charge on any atom is -0.494 e. The van der Waals surface area contributed by atoms with Crippen molar-refractivity contribution in [1.82, 2.24) is 9.38 Å². The van der Waals surface area contributed by atoms with Gasteiger partial charge in [0, 0.05) is 12.4 Å². The van der Waals surface area contributed by atoms with Crippen molar-refractivity contribution in [3.05, 3.63) is 65.6 Å². The first-order valence-corrected chi connectivity index (χ1v) is 7.59. The number of imidazole rings is 1. The Bertz CT molecular complexity index is 839. The number of aromatic carboxylic acids is 1. The summed E-state index contributed by atoms with van der Waals surface area (Å²) in [6.07, 6.45) is 4.63. The Morgan fingerprint density at radius 2 is 1.96 bits per heavy atom. The topological polar surface area (TPSA) is 63.8 Å². The van der Waals surface area contributed by atoms with Crippen LogP contribution in [0, 0.1) is 0 Å². The van der Waals surface area contributed by atoms with Crippen molar-refractivity contribution in [2.24, 2.45) is 0 Å². The summed E-state index contributed by atoms with van der Waals surface area (Å²) in [5, 5.41) is 9.54. The van der Waals surface area contributed by atoms with Gasteiger partial charge in [-0.2, -0.15) is 0 Å². The number of aryl methyl sites for hydroxylation is 2. The van der Waals surface area contributed by atoms with Crippen LogP contribution in [0.1, 0.15) is 28.5 Å². The minimum absolute atomic E-state index is 0.272. The summed E-state index contributed by atoms with van der Waals surface area (Å²) < 4.78 is 7.25. The van der Waals surface area contributed by atoms with E-state index in [1.165, 1.54) is 0 Å². The lowest BCUT2D eigenvalue weighted by atomic mass is 10.0. The molecule has 23 heavy (non-hydrogen) atoms. The quantitative estimate of drug-likeness (QED) is 0.759. The summed E-state index contributed by atoms with van der Waals surface area (Å²) in [7, 11) is 0. The predicted molar refractivity (Wildman–Crippen MR) is 87.2 cm³/mol. The Balaban J connectivity index is 1.90. The highest BCUT2D eigenvalue weighted by molar-refractivity contribution is 5.88. The number of hydrogen-bond donors (Lipinski definition) is 1. The molecule has 1 aromatic carbocycles. The number of benzene rings is 1. The van der Waals surface area contributed by atoms with Gasteiger partial charge in [-0.15, -0.1) is 0 Å². The molecule has 3 aromatic rings. The number of hydrogen-bond acceptors (Lipinski definition) is 3. The van der Waals surface area contributed by atoms with E-state index in [0.29, 0.717) is 18.7 Å². The summed E-state index contributed by atoms with van der Waals surface area (Å²) in [5.41, 5.74) is 2.78. The average Bonchev–Trinajstić information content (AvgIpc) is 3.02. The Hall–Kier alpha value is -2.82. The van der Waals surface area contributed by atoms with Crippen molar-refractivity contribution in [2.75, 3.05) is 6.61 Å². The van der Waals surface area contributed by atoms with Crippen molar-refractivity contribution < 1.29 is 14.6 Å². The third-order valence-electron chi connectivity index (χ3n) is 3.79. The number of ether oxygens (including phenoxy) is 1. The number of fused-ring (bicyclic) bond motifs is 1. The van der Waals surface area contributed by atoms with E-state index in [-0.39, 0.29) is 5.69 Å². The lowest BCUT2D eigenvalue weighted by Gasteiger charge is -2.12. The number of carboxylic acid groups (broad SMARTS) is 1. The van der Waals surface area contributed by atoms with Gasteiger partial charge >= 0.3 is 5.97 Å². The van der Waals surface area contributed by atoms with E-state index in [1.807, 2.05) is 43.3 Å². The number of aromatic nitrogens is 2. The van der Waals surface area contributed by atoms with E-state index in [9.17, 15) is 9.90 Å². The number of rotatable bonds is 6. The molecule has 3 rings (SSSR count). The first-order chi connectivity index (χ1) is 11.2. The van der Waals surface area contributed by atoms with Gasteiger partial charge in [-0.3, -0.25) is 4.40 Å².